The zero-order valence-corrected chi connectivity index (χ0v) is 10.6. The van der Waals surface area contributed by atoms with Crippen LogP contribution in [-0.2, 0) is 9.53 Å². The molecule has 0 aliphatic rings. The number of ether oxygens (including phenoxy) is 1. The van der Waals surface area contributed by atoms with E-state index in [2.05, 4.69) is 10.3 Å². The number of thiazole rings is 1. The van der Waals surface area contributed by atoms with Crippen LogP contribution < -0.4 is 11.1 Å². The molecule has 0 fully saturated rings. The molecule has 0 spiro atoms. The number of furan rings is 1. The molecule has 0 aromatic carbocycles. The van der Waals surface area contributed by atoms with Crippen LogP contribution in [0.5, 0.6) is 0 Å². The lowest BCUT2D eigenvalue weighted by molar-refractivity contribution is -0.118. The number of nitrogens with two attached hydrogens (primary N) is 1. The van der Waals surface area contributed by atoms with Crippen LogP contribution in [0, 0.1) is 0 Å². The van der Waals surface area contributed by atoms with E-state index in [0.29, 0.717) is 16.6 Å². The van der Waals surface area contributed by atoms with E-state index in [-0.39, 0.29) is 12.5 Å². The summed E-state index contributed by atoms with van der Waals surface area (Å²) in [5.74, 6) is 0.338. The molecule has 0 saturated carbocycles. The average Bonchev–Trinajstić information content (AvgIpc) is 2.98. The van der Waals surface area contributed by atoms with Crippen molar-refractivity contribution < 1.29 is 13.9 Å². The van der Waals surface area contributed by atoms with Gasteiger partial charge in [0.15, 0.2) is 10.9 Å². The van der Waals surface area contributed by atoms with Crippen LogP contribution in [0.15, 0.2) is 28.2 Å². The number of nitrogens with one attached hydrogen (secondary N) is 1. The second-order valence-electron chi connectivity index (χ2n) is 3.57. The zero-order valence-electron chi connectivity index (χ0n) is 9.75. The van der Waals surface area contributed by atoms with Crippen LogP contribution in [0.2, 0.25) is 0 Å². The number of nitrogens with zero attached hydrogens (tertiary/aromatic N) is 1. The fourth-order valence-electron chi connectivity index (χ4n) is 1.32. The molecule has 2 heterocycles. The van der Waals surface area contributed by atoms with E-state index in [0.717, 1.165) is 0 Å². The molecule has 18 heavy (non-hydrogen) atoms. The van der Waals surface area contributed by atoms with E-state index >= 15 is 0 Å². The third-order valence-corrected chi connectivity index (χ3v) is 2.95. The highest BCUT2D eigenvalue weighted by molar-refractivity contribution is 7.14. The topological polar surface area (TPSA) is 90.4 Å². The van der Waals surface area contributed by atoms with Gasteiger partial charge >= 0.3 is 0 Å². The van der Waals surface area contributed by atoms with Crippen LogP contribution in [0.1, 0.15) is 0 Å². The lowest BCUT2D eigenvalue weighted by Crippen LogP contribution is -2.39. The van der Waals surface area contributed by atoms with Gasteiger partial charge in [-0.25, -0.2) is 4.98 Å². The van der Waals surface area contributed by atoms with E-state index in [1.54, 1.807) is 23.8 Å². The van der Waals surface area contributed by atoms with Gasteiger partial charge in [-0.1, -0.05) is 0 Å². The highest BCUT2D eigenvalue weighted by atomic mass is 32.1. The number of carbonyl (C=O) groups is 1. The molecule has 7 heteroatoms. The molecule has 1 unspecified atom stereocenters. The minimum atomic E-state index is -0.703. The Morgan fingerprint density at radius 1 is 1.72 bits per heavy atom. The van der Waals surface area contributed by atoms with Crippen LogP contribution in [0.4, 0.5) is 5.13 Å². The Kier molecular flexibility index (Phi) is 4.08. The van der Waals surface area contributed by atoms with Crippen molar-refractivity contribution in [1.82, 2.24) is 4.98 Å². The maximum atomic E-state index is 11.6. The maximum absolute atomic E-state index is 11.6. The SMILES string of the molecule is COCC(N)C(=O)Nc1nc(-c2ccco2)cs1. The first-order valence-electron chi connectivity index (χ1n) is 5.25. The molecule has 0 bridgehead atoms. The van der Waals surface area contributed by atoms with Crippen molar-refractivity contribution in [3.05, 3.63) is 23.8 Å². The Balaban J connectivity index is 2.01. The van der Waals surface area contributed by atoms with Gasteiger partial charge in [0, 0.05) is 12.5 Å². The number of aromatic nitrogens is 1. The van der Waals surface area contributed by atoms with Gasteiger partial charge in [0.1, 0.15) is 11.7 Å². The third kappa shape index (κ3) is 2.95. The summed E-state index contributed by atoms with van der Waals surface area (Å²) >= 11 is 1.31. The third-order valence-electron chi connectivity index (χ3n) is 2.19. The molecule has 1 atom stereocenters. The molecule has 3 N–H and O–H groups in total. The quantitative estimate of drug-likeness (QED) is 0.852. The Bertz CT molecular complexity index is 509. The number of methoxy groups -OCH3 is 1. The van der Waals surface area contributed by atoms with Gasteiger partial charge in [0.2, 0.25) is 5.91 Å². The smallest absolute Gasteiger partial charge is 0.245 e. The summed E-state index contributed by atoms with van der Waals surface area (Å²) in [5, 5.41) is 4.92. The average molecular weight is 267 g/mol. The van der Waals surface area contributed by atoms with Gasteiger partial charge < -0.3 is 20.2 Å². The Morgan fingerprint density at radius 3 is 3.22 bits per heavy atom. The van der Waals surface area contributed by atoms with Crippen molar-refractivity contribution in [1.29, 1.82) is 0 Å². The van der Waals surface area contributed by atoms with Gasteiger partial charge in [-0.05, 0) is 12.1 Å². The van der Waals surface area contributed by atoms with Gasteiger partial charge in [-0.15, -0.1) is 11.3 Å². The van der Waals surface area contributed by atoms with E-state index < -0.39 is 6.04 Å². The summed E-state index contributed by atoms with van der Waals surface area (Å²) in [6.07, 6.45) is 1.57. The number of hydrogen-bond donors (Lipinski definition) is 2. The second kappa shape index (κ2) is 5.76. The minimum absolute atomic E-state index is 0.169. The lowest BCUT2D eigenvalue weighted by atomic mass is 10.3. The molecule has 0 radical (unpaired) electrons. The predicted molar refractivity (Wildman–Crippen MR) is 68.3 cm³/mol. The van der Waals surface area contributed by atoms with E-state index in [4.69, 9.17) is 14.9 Å². The van der Waals surface area contributed by atoms with E-state index in [1.807, 2.05) is 0 Å². The fourth-order valence-corrected chi connectivity index (χ4v) is 2.02. The lowest BCUT2D eigenvalue weighted by Gasteiger charge is -2.08. The van der Waals surface area contributed by atoms with Crippen LogP contribution in [-0.4, -0.2) is 30.6 Å². The zero-order chi connectivity index (χ0) is 13.0. The van der Waals surface area contributed by atoms with Gasteiger partial charge in [0.05, 0.1) is 12.9 Å². The Hall–Kier alpha value is -1.70. The van der Waals surface area contributed by atoms with Crippen molar-refractivity contribution in [3.63, 3.8) is 0 Å². The van der Waals surface area contributed by atoms with Gasteiger partial charge in [0.25, 0.3) is 0 Å². The van der Waals surface area contributed by atoms with Crippen LogP contribution in [0.25, 0.3) is 11.5 Å². The summed E-state index contributed by atoms with van der Waals surface area (Å²) in [6.45, 7) is 0.169. The largest absolute Gasteiger partial charge is 0.463 e. The van der Waals surface area contributed by atoms with E-state index in [1.165, 1.54) is 18.4 Å². The van der Waals surface area contributed by atoms with Crippen molar-refractivity contribution in [3.8, 4) is 11.5 Å². The molecule has 96 valence electrons. The Labute approximate surface area is 108 Å². The number of anilines is 1. The number of hydrogen-bond acceptors (Lipinski definition) is 6. The highest BCUT2D eigenvalue weighted by Crippen LogP contribution is 2.24. The standard InChI is InChI=1S/C11H13N3O3S/c1-16-5-7(12)10(15)14-11-13-8(6-18-11)9-3-2-4-17-9/h2-4,6-7H,5,12H2,1H3,(H,13,14,15). The molecule has 1 amide bonds. The first-order chi connectivity index (χ1) is 8.70. The number of amides is 1. The van der Waals surface area contributed by atoms with Gasteiger partial charge in [-0.3, -0.25) is 4.79 Å². The van der Waals surface area contributed by atoms with Crippen molar-refractivity contribution >= 4 is 22.4 Å². The first-order valence-corrected chi connectivity index (χ1v) is 6.13. The first kappa shape index (κ1) is 12.7. The molecule has 2 rings (SSSR count). The molecular formula is C11H13N3O3S. The van der Waals surface area contributed by atoms with Crippen molar-refractivity contribution in [2.24, 2.45) is 5.73 Å². The van der Waals surface area contributed by atoms with E-state index in [9.17, 15) is 4.79 Å². The van der Waals surface area contributed by atoms with Crippen LogP contribution >= 0.6 is 11.3 Å². The molecule has 2 aromatic heterocycles. The molecule has 2 aromatic rings. The van der Waals surface area contributed by atoms with Gasteiger partial charge in [-0.2, -0.15) is 0 Å². The van der Waals surface area contributed by atoms with Crippen LogP contribution in [0.3, 0.4) is 0 Å². The highest BCUT2D eigenvalue weighted by Gasteiger charge is 2.15. The molecule has 0 saturated heterocycles. The Morgan fingerprint density at radius 2 is 2.56 bits per heavy atom. The monoisotopic (exact) mass is 267 g/mol. The van der Waals surface area contributed by atoms with Crippen molar-refractivity contribution in [2.75, 3.05) is 19.0 Å². The summed E-state index contributed by atoms with van der Waals surface area (Å²) < 4.78 is 10.0. The molecule has 0 aliphatic heterocycles. The van der Waals surface area contributed by atoms with Crippen molar-refractivity contribution in [2.45, 2.75) is 6.04 Å². The second-order valence-corrected chi connectivity index (χ2v) is 4.42. The minimum Gasteiger partial charge on any atom is -0.463 e. The summed E-state index contributed by atoms with van der Waals surface area (Å²) in [5.41, 5.74) is 6.28. The summed E-state index contributed by atoms with van der Waals surface area (Å²) in [7, 11) is 1.49. The molecular weight excluding hydrogens is 254 g/mol. The molecule has 6 nitrogen and oxygen atoms in total. The predicted octanol–water partition coefficient (Wildman–Crippen LogP) is 1.32. The summed E-state index contributed by atoms with van der Waals surface area (Å²) in [4.78, 5) is 15.9. The maximum Gasteiger partial charge on any atom is 0.245 e. The molecule has 0 aliphatic carbocycles. The fraction of sp³-hybridized carbons (Fsp3) is 0.273. The summed E-state index contributed by atoms with van der Waals surface area (Å²) in [6, 6.07) is 2.88. The number of carbonyl (C=O) groups excluding carboxylic acids is 1. The number of rotatable bonds is 5. The normalized spacial score (nSPS) is 12.3.